The van der Waals surface area contributed by atoms with Crippen molar-refractivity contribution < 1.29 is 23.0 Å². The molecule has 2 aromatic carbocycles. The first-order valence-electron chi connectivity index (χ1n) is 11.0. The Bertz CT molecular complexity index is 1340. The molecule has 1 heterocycles. The van der Waals surface area contributed by atoms with Gasteiger partial charge in [0.15, 0.2) is 5.60 Å². The van der Waals surface area contributed by atoms with Gasteiger partial charge in [-0.1, -0.05) is 38.1 Å². The normalized spacial score (nSPS) is 14.1. The third kappa shape index (κ3) is 5.54. The SMILES string of the molecule is CCOc1c(CC#N)cccc1C(C)(C)CC(O)(C=Nc1cccc2[nH]c(=O)ccc12)C(F)(F)F. The number of aliphatic imine (C=N–C) groups is 1. The van der Waals surface area contributed by atoms with E-state index in [-0.39, 0.29) is 24.3 Å². The molecule has 0 spiro atoms. The number of rotatable bonds is 8. The molecule has 9 heteroatoms. The molecule has 0 saturated heterocycles. The number of nitriles is 1. The number of nitrogens with zero attached hydrogens (tertiary/aromatic N) is 2. The van der Waals surface area contributed by atoms with Crippen molar-refractivity contribution in [1.82, 2.24) is 4.98 Å². The lowest BCUT2D eigenvalue weighted by atomic mass is 9.74. The van der Waals surface area contributed by atoms with Crippen molar-refractivity contribution >= 4 is 22.8 Å². The Hall–Kier alpha value is -3.64. The minimum absolute atomic E-state index is 0.0351. The maximum Gasteiger partial charge on any atom is 0.422 e. The standard InChI is InChI=1S/C26H26F3N3O3/c1-4-35-23-17(13-14-30)7-5-8-19(23)24(2,3)15-25(34,26(27,28)29)16-31-20-9-6-10-21-18(20)11-12-22(33)32-21/h5-12,16,34H,4,13,15H2,1-3H3,(H,32,33). The summed E-state index contributed by atoms with van der Waals surface area (Å²) >= 11 is 0. The van der Waals surface area contributed by atoms with Gasteiger partial charge in [-0.25, -0.2) is 0 Å². The van der Waals surface area contributed by atoms with Crippen molar-refractivity contribution in [3.05, 3.63) is 70.0 Å². The molecule has 0 aliphatic heterocycles. The minimum atomic E-state index is -5.03. The summed E-state index contributed by atoms with van der Waals surface area (Å²) < 4.78 is 48.3. The van der Waals surface area contributed by atoms with Gasteiger partial charge >= 0.3 is 6.18 Å². The summed E-state index contributed by atoms with van der Waals surface area (Å²) in [4.78, 5) is 18.2. The third-order valence-corrected chi connectivity index (χ3v) is 5.75. The predicted molar refractivity (Wildman–Crippen MR) is 128 cm³/mol. The van der Waals surface area contributed by atoms with Gasteiger partial charge in [-0.15, -0.1) is 0 Å². The van der Waals surface area contributed by atoms with E-state index in [2.05, 4.69) is 9.98 Å². The smallest absolute Gasteiger partial charge is 0.422 e. The Morgan fingerprint density at radius 3 is 2.51 bits per heavy atom. The molecular weight excluding hydrogens is 459 g/mol. The molecule has 1 aromatic heterocycles. The van der Waals surface area contributed by atoms with Gasteiger partial charge in [0.2, 0.25) is 5.56 Å². The molecule has 1 unspecified atom stereocenters. The summed E-state index contributed by atoms with van der Waals surface area (Å²) in [7, 11) is 0. The molecule has 1 atom stereocenters. The zero-order chi connectivity index (χ0) is 25.9. The fraction of sp³-hybridized carbons (Fsp3) is 0.346. The van der Waals surface area contributed by atoms with Gasteiger partial charge in [-0.05, 0) is 37.0 Å². The molecular formula is C26H26F3N3O3. The minimum Gasteiger partial charge on any atom is -0.493 e. The molecule has 35 heavy (non-hydrogen) atoms. The van der Waals surface area contributed by atoms with Crippen molar-refractivity contribution in [2.24, 2.45) is 4.99 Å². The molecule has 0 fully saturated rings. The zero-order valence-electron chi connectivity index (χ0n) is 19.6. The number of fused-ring (bicyclic) bond motifs is 1. The van der Waals surface area contributed by atoms with E-state index in [1.165, 1.54) is 18.2 Å². The van der Waals surface area contributed by atoms with Crippen LogP contribution in [-0.2, 0) is 11.8 Å². The number of nitrogens with one attached hydrogen (secondary N) is 1. The predicted octanol–water partition coefficient (Wildman–Crippen LogP) is 5.36. The molecule has 3 rings (SSSR count). The number of hydrogen-bond acceptors (Lipinski definition) is 5. The second kappa shape index (κ2) is 9.92. The van der Waals surface area contributed by atoms with Gasteiger partial charge in [-0.2, -0.15) is 18.4 Å². The van der Waals surface area contributed by atoms with Crippen molar-refractivity contribution in [2.45, 2.75) is 50.8 Å². The number of aliphatic hydroxyl groups is 1. The number of pyridine rings is 1. The number of ether oxygens (including phenoxy) is 1. The fourth-order valence-corrected chi connectivity index (χ4v) is 4.10. The average molecular weight is 486 g/mol. The summed E-state index contributed by atoms with van der Waals surface area (Å²) in [5.74, 6) is 0.348. The molecule has 0 radical (unpaired) electrons. The lowest BCUT2D eigenvalue weighted by Crippen LogP contribution is -2.50. The number of H-pyrrole nitrogens is 1. The van der Waals surface area contributed by atoms with Crippen molar-refractivity contribution in [2.75, 3.05) is 6.61 Å². The number of alkyl halides is 3. The van der Waals surface area contributed by atoms with Gasteiger partial charge in [0.1, 0.15) is 5.75 Å². The average Bonchev–Trinajstić information content (AvgIpc) is 2.77. The van der Waals surface area contributed by atoms with Gasteiger partial charge in [0.25, 0.3) is 0 Å². The second-order valence-electron chi connectivity index (χ2n) is 8.86. The highest BCUT2D eigenvalue weighted by atomic mass is 19.4. The molecule has 2 N–H and O–H groups in total. The summed E-state index contributed by atoms with van der Waals surface area (Å²) in [5, 5.41) is 20.5. The van der Waals surface area contributed by atoms with Crippen LogP contribution in [0.15, 0.2) is 58.3 Å². The molecule has 0 bridgehead atoms. The topological polar surface area (TPSA) is 98.5 Å². The van der Waals surface area contributed by atoms with E-state index in [0.717, 1.165) is 0 Å². The van der Waals surface area contributed by atoms with E-state index < -0.39 is 23.6 Å². The highest BCUT2D eigenvalue weighted by Gasteiger charge is 2.55. The molecule has 0 aliphatic carbocycles. The van der Waals surface area contributed by atoms with E-state index in [0.29, 0.717) is 34.0 Å². The Morgan fingerprint density at radius 1 is 1.14 bits per heavy atom. The second-order valence-corrected chi connectivity index (χ2v) is 8.86. The summed E-state index contributed by atoms with van der Waals surface area (Å²) in [5.41, 5.74) is -3.23. The van der Waals surface area contributed by atoms with Crippen molar-refractivity contribution in [3.63, 3.8) is 0 Å². The number of para-hydroxylation sites is 1. The lowest BCUT2D eigenvalue weighted by molar-refractivity contribution is -0.234. The molecule has 6 nitrogen and oxygen atoms in total. The van der Waals surface area contributed by atoms with Gasteiger partial charge in [-0.3, -0.25) is 9.79 Å². The zero-order valence-corrected chi connectivity index (χ0v) is 19.6. The van der Waals surface area contributed by atoms with Crippen molar-refractivity contribution in [1.29, 1.82) is 5.26 Å². The van der Waals surface area contributed by atoms with Crippen LogP contribution in [0.1, 0.15) is 38.3 Å². The maximum absolute atomic E-state index is 14.2. The van der Waals surface area contributed by atoms with Crippen LogP contribution in [0, 0.1) is 11.3 Å². The molecule has 0 saturated carbocycles. The molecule has 0 amide bonds. The Labute approximate surface area is 200 Å². The van der Waals surface area contributed by atoms with Crippen LogP contribution in [0.5, 0.6) is 5.75 Å². The largest absolute Gasteiger partial charge is 0.493 e. The lowest BCUT2D eigenvalue weighted by Gasteiger charge is -2.36. The van der Waals surface area contributed by atoms with Gasteiger partial charge < -0.3 is 14.8 Å². The summed E-state index contributed by atoms with van der Waals surface area (Å²) in [6.07, 6.45) is -5.23. The van der Waals surface area contributed by atoms with Crippen LogP contribution in [0.4, 0.5) is 18.9 Å². The van der Waals surface area contributed by atoms with E-state index in [1.807, 2.05) is 6.07 Å². The van der Waals surface area contributed by atoms with Crippen LogP contribution in [0.2, 0.25) is 0 Å². The van der Waals surface area contributed by atoms with Crippen LogP contribution in [-0.4, -0.2) is 34.7 Å². The van der Waals surface area contributed by atoms with Crippen LogP contribution >= 0.6 is 0 Å². The fourth-order valence-electron chi connectivity index (χ4n) is 4.10. The Morgan fingerprint density at radius 2 is 1.86 bits per heavy atom. The summed E-state index contributed by atoms with van der Waals surface area (Å²) in [6, 6.07) is 14.4. The number of halogens is 3. The van der Waals surface area contributed by atoms with Gasteiger partial charge in [0.05, 0.1) is 30.3 Å². The monoisotopic (exact) mass is 485 g/mol. The van der Waals surface area contributed by atoms with E-state index in [4.69, 9.17) is 10.00 Å². The van der Waals surface area contributed by atoms with Crippen molar-refractivity contribution in [3.8, 4) is 11.8 Å². The molecule has 184 valence electrons. The number of benzene rings is 2. The Kier molecular flexibility index (Phi) is 7.36. The first-order valence-corrected chi connectivity index (χ1v) is 11.0. The van der Waals surface area contributed by atoms with E-state index in [1.54, 1.807) is 51.1 Å². The van der Waals surface area contributed by atoms with Crippen LogP contribution in [0.3, 0.4) is 0 Å². The number of hydrogen-bond donors (Lipinski definition) is 2. The van der Waals surface area contributed by atoms with Gasteiger partial charge in [0, 0.05) is 28.8 Å². The van der Waals surface area contributed by atoms with Crippen LogP contribution < -0.4 is 10.3 Å². The highest BCUT2D eigenvalue weighted by Crippen LogP contribution is 2.44. The first-order chi connectivity index (χ1) is 16.4. The first kappa shape index (κ1) is 26.0. The number of aromatic amines is 1. The quantitative estimate of drug-likeness (QED) is 0.420. The summed E-state index contributed by atoms with van der Waals surface area (Å²) in [6.45, 7) is 5.16. The van der Waals surface area contributed by atoms with E-state index >= 15 is 0 Å². The molecule has 3 aromatic rings. The third-order valence-electron chi connectivity index (χ3n) is 5.75. The number of aromatic nitrogens is 1. The Balaban J connectivity index is 2.06. The van der Waals surface area contributed by atoms with Crippen LogP contribution in [0.25, 0.3) is 10.9 Å². The highest BCUT2D eigenvalue weighted by molar-refractivity contribution is 5.91. The maximum atomic E-state index is 14.2. The van der Waals surface area contributed by atoms with E-state index in [9.17, 15) is 23.1 Å². The molecule has 0 aliphatic rings.